The fourth-order valence-corrected chi connectivity index (χ4v) is 4.96. The van der Waals surface area contributed by atoms with Crippen molar-refractivity contribution in [3.8, 4) is 0 Å². The van der Waals surface area contributed by atoms with Gasteiger partial charge in [0.1, 0.15) is 21.2 Å². The Morgan fingerprint density at radius 3 is 2.47 bits per heavy atom. The van der Waals surface area contributed by atoms with Crippen molar-refractivity contribution in [2.45, 2.75) is 44.3 Å². The van der Waals surface area contributed by atoms with Crippen LogP contribution in [0.3, 0.4) is 0 Å². The second-order valence-corrected chi connectivity index (χ2v) is 9.77. The second-order valence-electron chi connectivity index (χ2n) is 7.58. The van der Waals surface area contributed by atoms with Gasteiger partial charge in [0.2, 0.25) is 5.91 Å². The lowest BCUT2D eigenvalue weighted by Gasteiger charge is -2.31. The van der Waals surface area contributed by atoms with Crippen LogP contribution in [-0.4, -0.2) is 27.1 Å². The number of hydrogen-bond acceptors (Lipinski definition) is 5. The molecule has 0 bridgehead atoms. The minimum atomic E-state index is -0.943. The average Bonchev–Trinajstić information content (AvgIpc) is 3.53. The van der Waals surface area contributed by atoms with Gasteiger partial charge in [0.05, 0.1) is 12.8 Å². The van der Waals surface area contributed by atoms with Crippen molar-refractivity contribution in [2.75, 3.05) is 0 Å². The molecule has 1 aliphatic rings. The third-order valence-electron chi connectivity index (χ3n) is 5.41. The Hall–Kier alpha value is -2.06. The summed E-state index contributed by atoms with van der Waals surface area (Å²) in [5.41, 5.74) is 0.614. The van der Waals surface area contributed by atoms with Crippen LogP contribution in [0.25, 0.3) is 0 Å². The number of carbonyl (C=O) groups excluding carboxylic acids is 2. The number of hydrogen-bond donors (Lipinski definition) is 1. The summed E-state index contributed by atoms with van der Waals surface area (Å²) in [6, 6.07) is 9.45. The summed E-state index contributed by atoms with van der Waals surface area (Å²) in [4.78, 5) is 28.5. The molecule has 168 valence electrons. The van der Waals surface area contributed by atoms with Crippen LogP contribution >= 0.6 is 46.3 Å². The molecule has 2 aromatic heterocycles. The molecule has 0 radical (unpaired) electrons. The van der Waals surface area contributed by atoms with E-state index in [1.165, 1.54) is 11.2 Å². The summed E-state index contributed by atoms with van der Waals surface area (Å²) in [7, 11) is 0. The first-order valence-electron chi connectivity index (χ1n) is 10.1. The predicted octanol–water partition coefficient (Wildman–Crippen LogP) is 6.14. The minimum Gasteiger partial charge on any atom is -0.467 e. The molecule has 0 saturated heterocycles. The summed E-state index contributed by atoms with van der Waals surface area (Å²) < 4.78 is 9.82. The number of carbonyl (C=O) groups is 2. The van der Waals surface area contributed by atoms with Gasteiger partial charge in [0.25, 0.3) is 5.91 Å². The predicted molar refractivity (Wildman–Crippen MR) is 125 cm³/mol. The number of aromatic nitrogens is 1. The van der Waals surface area contributed by atoms with Gasteiger partial charge < -0.3 is 14.6 Å². The minimum absolute atomic E-state index is 0.000790. The van der Waals surface area contributed by atoms with Gasteiger partial charge in [-0.2, -0.15) is 4.37 Å². The zero-order valence-electron chi connectivity index (χ0n) is 16.9. The van der Waals surface area contributed by atoms with E-state index in [0.717, 1.165) is 37.2 Å². The van der Waals surface area contributed by atoms with Gasteiger partial charge in [-0.25, -0.2) is 0 Å². The van der Waals surface area contributed by atoms with E-state index < -0.39 is 11.9 Å². The second kappa shape index (κ2) is 10.3. The van der Waals surface area contributed by atoms with Crippen molar-refractivity contribution in [3.05, 3.63) is 74.1 Å². The molecular formula is C22H20Cl3N3O3S. The van der Waals surface area contributed by atoms with E-state index in [-0.39, 0.29) is 33.5 Å². The Bertz CT molecular complexity index is 1080. The zero-order chi connectivity index (χ0) is 22.7. The standard InChI is InChI=1S/C22H20Cl3N3O3S/c23-14-9-7-13(8-10-14)19(21(29)26-15-4-1-2-5-15)28(12-16-6-3-11-31-16)22(30)18-17(24)20(25)32-27-18/h3,6-11,15,19H,1-2,4-5,12H2,(H,26,29)/t19-/m1/s1. The molecule has 2 heterocycles. The lowest BCUT2D eigenvalue weighted by Crippen LogP contribution is -2.46. The van der Waals surface area contributed by atoms with Gasteiger partial charge in [0.15, 0.2) is 5.69 Å². The van der Waals surface area contributed by atoms with E-state index in [0.29, 0.717) is 16.3 Å². The summed E-state index contributed by atoms with van der Waals surface area (Å²) in [6.07, 6.45) is 5.48. The van der Waals surface area contributed by atoms with E-state index in [1.54, 1.807) is 36.4 Å². The lowest BCUT2D eigenvalue weighted by atomic mass is 10.0. The number of nitrogens with zero attached hydrogens (tertiary/aromatic N) is 2. The SMILES string of the molecule is O=C(NC1CCCC1)[C@@H](c1ccc(Cl)cc1)N(Cc1ccco1)C(=O)c1nsc(Cl)c1Cl. The van der Waals surface area contributed by atoms with Crippen LogP contribution in [0.5, 0.6) is 0 Å². The van der Waals surface area contributed by atoms with Crippen molar-refractivity contribution in [1.82, 2.24) is 14.6 Å². The van der Waals surface area contributed by atoms with E-state index in [4.69, 9.17) is 39.2 Å². The Labute approximate surface area is 204 Å². The summed E-state index contributed by atoms with van der Waals surface area (Å²) in [6.45, 7) is 0.0443. The van der Waals surface area contributed by atoms with Crippen LogP contribution in [0.4, 0.5) is 0 Å². The normalized spacial score (nSPS) is 15.0. The van der Waals surface area contributed by atoms with Crippen molar-refractivity contribution >= 4 is 58.1 Å². The highest BCUT2D eigenvalue weighted by atomic mass is 35.5. The van der Waals surface area contributed by atoms with Crippen molar-refractivity contribution in [3.63, 3.8) is 0 Å². The molecule has 3 aromatic rings. The zero-order valence-corrected chi connectivity index (χ0v) is 20.0. The molecule has 4 rings (SSSR count). The van der Waals surface area contributed by atoms with Crippen molar-refractivity contribution < 1.29 is 14.0 Å². The summed E-state index contributed by atoms with van der Waals surface area (Å²) in [5, 5.41) is 3.70. The highest BCUT2D eigenvalue weighted by Crippen LogP contribution is 2.34. The molecule has 1 atom stereocenters. The van der Waals surface area contributed by atoms with Crippen LogP contribution in [0, 0.1) is 0 Å². The first-order chi connectivity index (χ1) is 15.4. The molecular weight excluding hydrogens is 493 g/mol. The number of halogens is 3. The van der Waals surface area contributed by atoms with Gasteiger partial charge >= 0.3 is 0 Å². The summed E-state index contributed by atoms with van der Waals surface area (Å²) >= 11 is 19.3. The summed E-state index contributed by atoms with van der Waals surface area (Å²) in [5.74, 6) is -0.281. The topological polar surface area (TPSA) is 75.4 Å². The maximum absolute atomic E-state index is 13.6. The number of furan rings is 1. The van der Waals surface area contributed by atoms with E-state index in [9.17, 15) is 9.59 Å². The molecule has 1 N–H and O–H groups in total. The van der Waals surface area contributed by atoms with Gasteiger partial charge in [-0.3, -0.25) is 9.59 Å². The molecule has 0 aliphatic heterocycles. The highest BCUT2D eigenvalue weighted by molar-refractivity contribution is 7.11. The molecule has 2 amide bonds. The Morgan fingerprint density at radius 2 is 1.88 bits per heavy atom. The van der Waals surface area contributed by atoms with E-state index >= 15 is 0 Å². The molecule has 10 heteroatoms. The molecule has 1 aliphatic carbocycles. The average molecular weight is 513 g/mol. The van der Waals surface area contributed by atoms with Gasteiger partial charge in [0, 0.05) is 11.1 Å². The van der Waals surface area contributed by atoms with Crippen LogP contribution < -0.4 is 5.32 Å². The number of amides is 2. The first kappa shape index (κ1) is 23.1. The van der Waals surface area contributed by atoms with Crippen LogP contribution in [0.1, 0.15) is 53.5 Å². The largest absolute Gasteiger partial charge is 0.467 e. The lowest BCUT2D eigenvalue weighted by molar-refractivity contribution is -0.126. The highest BCUT2D eigenvalue weighted by Gasteiger charge is 2.36. The molecule has 1 saturated carbocycles. The molecule has 1 aromatic carbocycles. The number of rotatable bonds is 7. The van der Waals surface area contributed by atoms with Gasteiger partial charge in [-0.05, 0) is 54.2 Å². The van der Waals surface area contributed by atoms with Gasteiger partial charge in [-0.15, -0.1) is 0 Å². The Kier molecular flexibility index (Phi) is 7.40. The number of benzene rings is 1. The fraction of sp³-hybridized carbons (Fsp3) is 0.318. The Balaban J connectivity index is 1.75. The third-order valence-corrected chi connectivity index (χ3v) is 7.28. The molecule has 6 nitrogen and oxygen atoms in total. The molecule has 0 spiro atoms. The van der Waals surface area contributed by atoms with Crippen LogP contribution in [0.15, 0.2) is 47.1 Å². The quantitative estimate of drug-likeness (QED) is 0.413. The molecule has 0 unspecified atom stereocenters. The van der Waals surface area contributed by atoms with Crippen LogP contribution in [0.2, 0.25) is 14.4 Å². The third kappa shape index (κ3) is 5.12. The van der Waals surface area contributed by atoms with Crippen molar-refractivity contribution in [2.24, 2.45) is 0 Å². The number of nitrogens with one attached hydrogen (secondary N) is 1. The van der Waals surface area contributed by atoms with Crippen LogP contribution in [-0.2, 0) is 11.3 Å². The van der Waals surface area contributed by atoms with Gasteiger partial charge in [-0.1, -0.05) is 59.8 Å². The molecule has 1 fully saturated rings. The maximum Gasteiger partial charge on any atom is 0.276 e. The van der Waals surface area contributed by atoms with E-state index in [1.807, 2.05) is 0 Å². The fourth-order valence-electron chi connectivity index (χ4n) is 3.85. The maximum atomic E-state index is 13.6. The van der Waals surface area contributed by atoms with E-state index in [2.05, 4.69) is 9.69 Å². The monoisotopic (exact) mass is 511 g/mol. The first-order valence-corrected chi connectivity index (χ1v) is 12.0. The van der Waals surface area contributed by atoms with Crippen molar-refractivity contribution in [1.29, 1.82) is 0 Å². The molecule has 32 heavy (non-hydrogen) atoms. The smallest absolute Gasteiger partial charge is 0.276 e. The Morgan fingerprint density at radius 1 is 1.16 bits per heavy atom.